The molecule has 0 aliphatic heterocycles. The number of hydrogen-bond donors (Lipinski definition) is 1. The highest BCUT2D eigenvalue weighted by atomic mass is 79.9. The molecule has 0 saturated carbocycles. The summed E-state index contributed by atoms with van der Waals surface area (Å²) < 4.78 is 5.95. The number of unbranched alkanes of at least 4 members (excludes halogenated alkanes) is 1. The number of carbonyl (C=O) groups is 2. The monoisotopic (exact) mass is 317 g/mol. The highest BCUT2D eigenvalue weighted by molar-refractivity contribution is 9.10. The quantitative estimate of drug-likeness (QED) is 0.785. The number of carboxylic acid groups (broad SMARTS) is 1. The molecule has 18 heavy (non-hydrogen) atoms. The van der Waals surface area contributed by atoms with Crippen molar-refractivity contribution < 1.29 is 19.1 Å². The van der Waals surface area contributed by atoms with Gasteiger partial charge in [0.2, 0.25) is 5.91 Å². The highest BCUT2D eigenvalue weighted by Crippen LogP contribution is 2.15. The zero-order chi connectivity index (χ0) is 13.5. The van der Waals surface area contributed by atoms with Gasteiger partial charge >= 0.3 is 5.97 Å². The third kappa shape index (κ3) is 5.35. The lowest BCUT2D eigenvalue weighted by molar-refractivity contribution is -0.137. The van der Waals surface area contributed by atoms with E-state index in [4.69, 9.17) is 9.52 Å². The summed E-state index contributed by atoms with van der Waals surface area (Å²) in [5.41, 5.74) is 0. The molecule has 0 aromatic carbocycles. The maximum atomic E-state index is 11.7. The summed E-state index contributed by atoms with van der Waals surface area (Å²) in [6.45, 7) is 0.420. The normalized spacial score (nSPS) is 10.3. The van der Waals surface area contributed by atoms with Gasteiger partial charge in [0, 0.05) is 19.9 Å². The van der Waals surface area contributed by atoms with Gasteiger partial charge in [0.05, 0.1) is 6.54 Å². The molecule has 1 aromatic rings. The van der Waals surface area contributed by atoms with Gasteiger partial charge in [-0.15, -0.1) is 0 Å². The van der Waals surface area contributed by atoms with Gasteiger partial charge in [-0.25, -0.2) is 0 Å². The van der Waals surface area contributed by atoms with Crippen molar-refractivity contribution in [3.05, 3.63) is 22.6 Å². The Kier molecular flexibility index (Phi) is 5.91. The number of carboxylic acids is 1. The Morgan fingerprint density at radius 1 is 1.33 bits per heavy atom. The van der Waals surface area contributed by atoms with Gasteiger partial charge in [-0.1, -0.05) is 0 Å². The summed E-state index contributed by atoms with van der Waals surface area (Å²) in [6, 6.07) is 3.58. The number of rotatable bonds is 7. The van der Waals surface area contributed by atoms with Crippen molar-refractivity contribution in [2.75, 3.05) is 7.05 Å². The first-order valence-electron chi connectivity index (χ1n) is 5.69. The Balaban J connectivity index is 2.26. The fraction of sp³-hybridized carbons (Fsp3) is 0.500. The van der Waals surface area contributed by atoms with E-state index in [1.807, 2.05) is 0 Å². The molecule has 1 rings (SSSR count). The van der Waals surface area contributed by atoms with E-state index in [9.17, 15) is 9.59 Å². The molecule has 6 heteroatoms. The molecule has 1 amide bonds. The van der Waals surface area contributed by atoms with E-state index in [2.05, 4.69) is 15.9 Å². The topological polar surface area (TPSA) is 70.8 Å². The first-order chi connectivity index (χ1) is 8.49. The number of aliphatic carboxylic acids is 1. The van der Waals surface area contributed by atoms with E-state index in [1.165, 1.54) is 0 Å². The molecule has 0 aliphatic rings. The Morgan fingerprint density at radius 2 is 2.00 bits per heavy atom. The van der Waals surface area contributed by atoms with E-state index in [0.29, 0.717) is 36.2 Å². The lowest BCUT2D eigenvalue weighted by Gasteiger charge is -2.15. The van der Waals surface area contributed by atoms with Crippen molar-refractivity contribution >= 4 is 27.8 Å². The van der Waals surface area contributed by atoms with Gasteiger partial charge < -0.3 is 14.4 Å². The number of nitrogens with zero attached hydrogens (tertiary/aromatic N) is 1. The number of halogens is 1. The van der Waals surface area contributed by atoms with Crippen LogP contribution in [0.3, 0.4) is 0 Å². The maximum Gasteiger partial charge on any atom is 0.303 e. The van der Waals surface area contributed by atoms with Gasteiger partial charge in [-0.2, -0.15) is 0 Å². The minimum atomic E-state index is -0.823. The van der Waals surface area contributed by atoms with Crippen LogP contribution in [0.1, 0.15) is 31.4 Å². The van der Waals surface area contributed by atoms with Gasteiger partial charge in [-0.3, -0.25) is 9.59 Å². The minimum absolute atomic E-state index is 0.00656. The first kappa shape index (κ1) is 14.8. The smallest absolute Gasteiger partial charge is 0.303 e. The zero-order valence-electron chi connectivity index (χ0n) is 10.2. The molecule has 1 heterocycles. The van der Waals surface area contributed by atoms with Crippen molar-refractivity contribution in [3.8, 4) is 0 Å². The van der Waals surface area contributed by atoms with Crippen LogP contribution in [0.4, 0.5) is 0 Å². The van der Waals surface area contributed by atoms with Crippen LogP contribution in [0.5, 0.6) is 0 Å². The molecule has 0 radical (unpaired) electrons. The molecular weight excluding hydrogens is 302 g/mol. The van der Waals surface area contributed by atoms with Crippen LogP contribution >= 0.6 is 15.9 Å². The largest absolute Gasteiger partial charge is 0.481 e. The van der Waals surface area contributed by atoms with Crippen molar-refractivity contribution in [2.45, 2.75) is 32.2 Å². The highest BCUT2D eigenvalue weighted by Gasteiger charge is 2.11. The van der Waals surface area contributed by atoms with E-state index in [1.54, 1.807) is 24.1 Å². The number of hydrogen-bond acceptors (Lipinski definition) is 3. The molecule has 0 atom stereocenters. The molecule has 1 aromatic heterocycles. The van der Waals surface area contributed by atoms with Crippen LogP contribution in [0, 0.1) is 0 Å². The Hall–Kier alpha value is -1.30. The van der Waals surface area contributed by atoms with Gasteiger partial charge in [-0.05, 0) is 40.9 Å². The Labute approximate surface area is 114 Å². The lowest BCUT2D eigenvalue weighted by Crippen LogP contribution is -2.25. The zero-order valence-corrected chi connectivity index (χ0v) is 11.8. The summed E-state index contributed by atoms with van der Waals surface area (Å²) in [5.74, 6) is -0.118. The summed E-state index contributed by atoms with van der Waals surface area (Å²) in [6.07, 6.45) is 1.60. The van der Waals surface area contributed by atoms with Gasteiger partial charge in [0.1, 0.15) is 5.76 Å². The summed E-state index contributed by atoms with van der Waals surface area (Å²) in [7, 11) is 1.70. The predicted molar refractivity (Wildman–Crippen MR) is 69.0 cm³/mol. The fourth-order valence-electron chi connectivity index (χ4n) is 1.50. The summed E-state index contributed by atoms with van der Waals surface area (Å²) in [4.78, 5) is 23.6. The van der Waals surface area contributed by atoms with Crippen LogP contribution < -0.4 is 0 Å². The van der Waals surface area contributed by atoms with Crippen molar-refractivity contribution in [2.24, 2.45) is 0 Å². The van der Waals surface area contributed by atoms with Crippen LogP contribution in [-0.4, -0.2) is 28.9 Å². The molecule has 0 spiro atoms. The molecule has 0 bridgehead atoms. The predicted octanol–water partition coefficient (Wildman–Crippen LogP) is 2.65. The molecule has 0 aliphatic carbocycles. The minimum Gasteiger partial charge on any atom is -0.481 e. The molecule has 0 saturated heterocycles. The van der Waals surface area contributed by atoms with Crippen molar-refractivity contribution in [1.82, 2.24) is 4.90 Å². The average molecular weight is 318 g/mol. The molecule has 100 valence electrons. The van der Waals surface area contributed by atoms with Crippen LogP contribution in [0.15, 0.2) is 21.2 Å². The van der Waals surface area contributed by atoms with Gasteiger partial charge in [0.15, 0.2) is 4.67 Å². The molecule has 1 N–H and O–H groups in total. The van der Waals surface area contributed by atoms with Crippen molar-refractivity contribution in [3.63, 3.8) is 0 Å². The van der Waals surface area contributed by atoms with Crippen LogP contribution in [-0.2, 0) is 16.1 Å². The second-order valence-corrected chi connectivity index (χ2v) is 4.84. The van der Waals surface area contributed by atoms with E-state index < -0.39 is 5.97 Å². The summed E-state index contributed by atoms with van der Waals surface area (Å²) >= 11 is 3.20. The van der Waals surface area contributed by atoms with E-state index in [0.717, 1.165) is 0 Å². The lowest BCUT2D eigenvalue weighted by atomic mass is 10.2. The third-order valence-corrected chi connectivity index (χ3v) is 2.91. The maximum absolute atomic E-state index is 11.7. The van der Waals surface area contributed by atoms with Crippen molar-refractivity contribution in [1.29, 1.82) is 0 Å². The SMILES string of the molecule is CN(Cc1ccc(Br)o1)C(=O)CCCCC(=O)O. The van der Waals surface area contributed by atoms with E-state index >= 15 is 0 Å². The molecular formula is C12H16BrNO4. The Morgan fingerprint density at radius 3 is 2.56 bits per heavy atom. The Bertz CT molecular complexity index is 416. The number of furan rings is 1. The summed E-state index contributed by atoms with van der Waals surface area (Å²) in [5, 5.41) is 8.47. The number of carbonyl (C=O) groups excluding carboxylic acids is 1. The second kappa shape index (κ2) is 7.20. The molecule has 5 nitrogen and oxygen atoms in total. The van der Waals surface area contributed by atoms with E-state index in [-0.39, 0.29) is 12.3 Å². The first-order valence-corrected chi connectivity index (χ1v) is 6.48. The fourth-order valence-corrected chi connectivity index (χ4v) is 1.84. The number of amides is 1. The van der Waals surface area contributed by atoms with Gasteiger partial charge in [0.25, 0.3) is 0 Å². The standard InChI is InChI=1S/C12H16BrNO4/c1-14(8-9-6-7-10(13)18-9)11(15)4-2-3-5-12(16)17/h6-7H,2-5,8H2,1H3,(H,16,17). The second-order valence-electron chi connectivity index (χ2n) is 4.06. The molecule has 0 fully saturated rings. The van der Waals surface area contributed by atoms with Crippen LogP contribution in [0.25, 0.3) is 0 Å². The average Bonchev–Trinajstić information content (AvgIpc) is 2.69. The molecule has 0 unspecified atom stereocenters. The van der Waals surface area contributed by atoms with Crippen LogP contribution in [0.2, 0.25) is 0 Å². The third-order valence-electron chi connectivity index (χ3n) is 2.48.